The number of nitrogens with zero attached hydrogens (tertiary/aromatic N) is 3. The largest absolute Gasteiger partial charge is 0.481 e. The van der Waals surface area contributed by atoms with E-state index >= 15 is 0 Å². The lowest BCUT2D eigenvalue weighted by Gasteiger charge is -2.38. The summed E-state index contributed by atoms with van der Waals surface area (Å²) in [7, 11) is 3.87. The van der Waals surface area contributed by atoms with Crippen LogP contribution in [-0.4, -0.2) is 90.8 Å². The third kappa shape index (κ3) is 4.07. The average Bonchev–Trinajstić information content (AvgIpc) is 2.83. The number of amides is 2. The van der Waals surface area contributed by atoms with Crippen molar-refractivity contribution >= 4 is 12.0 Å². The maximum atomic E-state index is 12.6. The topological polar surface area (TPSA) is 73.3 Å². The van der Waals surface area contributed by atoms with Gasteiger partial charge in [-0.2, -0.15) is 0 Å². The molecule has 0 aromatic carbocycles. The van der Waals surface area contributed by atoms with Gasteiger partial charge in [0.1, 0.15) is 0 Å². The third-order valence-corrected chi connectivity index (χ3v) is 4.37. The van der Waals surface area contributed by atoms with Crippen LogP contribution in [-0.2, 0) is 9.53 Å². The van der Waals surface area contributed by atoms with Crippen molar-refractivity contribution < 1.29 is 19.4 Å². The van der Waals surface area contributed by atoms with Gasteiger partial charge in [-0.25, -0.2) is 4.79 Å². The summed E-state index contributed by atoms with van der Waals surface area (Å²) in [5, 5.41) is 8.95. The Bertz CT molecular complexity index is 390. The number of carbonyl (C=O) groups is 2. The van der Waals surface area contributed by atoms with Crippen molar-refractivity contribution in [3.63, 3.8) is 0 Å². The van der Waals surface area contributed by atoms with Gasteiger partial charge in [0.15, 0.2) is 0 Å². The quantitative estimate of drug-likeness (QED) is 0.808. The number of hydrogen-bond donors (Lipinski definition) is 1. The van der Waals surface area contributed by atoms with E-state index in [4.69, 9.17) is 9.84 Å². The molecule has 0 bridgehead atoms. The van der Waals surface area contributed by atoms with Crippen LogP contribution < -0.4 is 0 Å². The summed E-state index contributed by atoms with van der Waals surface area (Å²) in [4.78, 5) is 29.1. The van der Waals surface area contributed by atoms with Crippen LogP contribution in [0.4, 0.5) is 4.79 Å². The Morgan fingerprint density at radius 2 is 2.10 bits per heavy atom. The number of carboxylic acid groups (broad SMARTS) is 1. The number of morpholine rings is 1. The summed E-state index contributed by atoms with van der Waals surface area (Å²) in [5.74, 6) is -0.901. The van der Waals surface area contributed by atoms with Crippen LogP contribution in [0.25, 0.3) is 0 Å². The maximum absolute atomic E-state index is 12.6. The van der Waals surface area contributed by atoms with Crippen LogP contribution in [0.2, 0.25) is 0 Å². The van der Waals surface area contributed by atoms with Gasteiger partial charge in [-0.1, -0.05) is 0 Å². The minimum atomic E-state index is -0.901. The molecule has 1 N–H and O–H groups in total. The Labute approximate surface area is 125 Å². The highest BCUT2D eigenvalue weighted by atomic mass is 16.5. The fraction of sp³-hybridized carbons (Fsp3) is 0.857. The van der Waals surface area contributed by atoms with Gasteiger partial charge in [-0.05, 0) is 26.4 Å². The molecule has 0 aliphatic carbocycles. The van der Waals surface area contributed by atoms with Crippen LogP contribution in [0.5, 0.6) is 0 Å². The molecule has 7 nitrogen and oxygen atoms in total. The Balaban J connectivity index is 1.93. The number of ether oxygens (including phenoxy) is 1. The minimum Gasteiger partial charge on any atom is -0.481 e. The lowest BCUT2D eigenvalue weighted by Crippen LogP contribution is -2.54. The minimum absolute atomic E-state index is 0.0666. The number of urea groups is 1. The first-order chi connectivity index (χ1) is 9.99. The molecular formula is C14H25N3O4. The third-order valence-electron chi connectivity index (χ3n) is 4.37. The fourth-order valence-electron chi connectivity index (χ4n) is 3.10. The predicted molar refractivity (Wildman–Crippen MR) is 77.2 cm³/mol. The molecule has 0 saturated carbocycles. The normalized spacial score (nSPS) is 26.9. The van der Waals surface area contributed by atoms with Crippen molar-refractivity contribution in [1.82, 2.24) is 14.7 Å². The Kier molecular flexibility index (Phi) is 5.41. The van der Waals surface area contributed by atoms with Crippen molar-refractivity contribution in [2.75, 3.05) is 46.9 Å². The van der Waals surface area contributed by atoms with Gasteiger partial charge < -0.3 is 24.5 Å². The number of likely N-dealkylation sites (N-methyl/N-ethyl adjacent to an activating group) is 2. The molecule has 2 heterocycles. The molecule has 120 valence electrons. The number of rotatable bonds is 4. The van der Waals surface area contributed by atoms with Crippen LogP contribution in [0.1, 0.15) is 19.3 Å². The van der Waals surface area contributed by atoms with E-state index in [1.165, 1.54) is 6.42 Å². The Morgan fingerprint density at radius 1 is 1.33 bits per heavy atom. The Morgan fingerprint density at radius 3 is 2.71 bits per heavy atom. The SMILES string of the molecule is CN(CC1CCCN1C)C(=O)N1CCOCC1CC(=O)O. The second-order valence-corrected chi connectivity index (χ2v) is 5.96. The van der Waals surface area contributed by atoms with Crippen molar-refractivity contribution in [1.29, 1.82) is 0 Å². The van der Waals surface area contributed by atoms with E-state index in [2.05, 4.69) is 11.9 Å². The van der Waals surface area contributed by atoms with Gasteiger partial charge in [0.25, 0.3) is 0 Å². The van der Waals surface area contributed by atoms with Gasteiger partial charge in [0.2, 0.25) is 0 Å². The molecule has 0 spiro atoms. The lowest BCUT2D eigenvalue weighted by molar-refractivity contribution is -0.139. The van der Waals surface area contributed by atoms with Crippen molar-refractivity contribution in [2.24, 2.45) is 0 Å². The number of hydrogen-bond acceptors (Lipinski definition) is 4. The van der Waals surface area contributed by atoms with Gasteiger partial charge in [0.05, 0.1) is 25.7 Å². The molecule has 2 rings (SSSR count). The zero-order chi connectivity index (χ0) is 15.4. The van der Waals surface area contributed by atoms with Crippen molar-refractivity contribution in [3.05, 3.63) is 0 Å². The standard InChI is InChI=1S/C14H25N3O4/c1-15-5-3-4-11(15)9-16(2)14(20)17-6-7-21-10-12(17)8-13(18)19/h11-12H,3-10H2,1-2H3,(H,18,19). The second kappa shape index (κ2) is 7.09. The molecule has 0 radical (unpaired) electrons. The molecule has 2 aliphatic rings. The molecule has 2 amide bonds. The van der Waals surface area contributed by atoms with E-state index in [-0.39, 0.29) is 18.5 Å². The zero-order valence-electron chi connectivity index (χ0n) is 12.8. The van der Waals surface area contributed by atoms with E-state index in [1.54, 1.807) is 16.8 Å². The highest BCUT2D eigenvalue weighted by Gasteiger charge is 2.32. The summed E-state index contributed by atoms with van der Waals surface area (Å²) < 4.78 is 5.31. The van der Waals surface area contributed by atoms with E-state index in [0.29, 0.717) is 32.3 Å². The molecule has 21 heavy (non-hydrogen) atoms. The van der Waals surface area contributed by atoms with Gasteiger partial charge in [-0.3, -0.25) is 4.79 Å². The Hall–Kier alpha value is -1.34. The first-order valence-corrected chi connectivity index (χ1v) is 7.50. The molecule has 2 fully saturated rings. The summed E-state index contributed by atoms with van der Waals surface area (Å²) in [6, 6.07) is -0.0599. The van der Waals surface area contributed by atoms with Gasteiger partial charge >= 0.3 is 12.0 Å². The maximum Gasteiger partial charge on any atom is 0.320 e. The van der Waals surface area contributed by atoms with Crippen LogP contribution in [0.3, 0.4) is 0 Å². The average molecular weight is 299 g/mol. The van der Waals surface area contributed by atoms with E-state index in [1.807, 2.05) is 0 Å². The molecule has 2 unspecified atom stereocenters. The molecule has 2 atom stereocenters. The molecule has 0 aromatic heterocycles. The van der Waals surface area contributed by atoms with Crippen LogP contribution in [0, 0.1) is 0 Å². The highest BCUT2D eigenvalue weighted by molar-refractivity contribution is 5.76. The molecule has 0 aromatic rings. The van der Waals surface area contributed by atoms with E-state index in [0.717, 1.165) is 13.0 Å². The zero-order valence-corrected chi connectivity index (χ0v) is 12.8. The fourth-order valence-corrected chi connectivity index (χ4v) is 3.10. The van der Waals surface area contributed by atoms with E-state index in [9.17, 15) is 9.59 Å². The first-order valence-electron chi connectivity index (χ1n) is 7.50. The smallest absolute Gasteiger partial charge is 0.320 e. The lowest BCUT2D eigenvalue weighted by atomic mass is 10.1. The van der Waals surface area contributed by atoms with Gasteiger partial charge in [-0.15, -0.1) is 0 Å². The monoisotopic (exact) mass is 299 g/mol. The summed E-state index contributed by atoms with van der Waals surface area (Å²) in [6.07, 6.45) is 2.21. The number of aliphatic carboxylic acids is 1. The van der Waals surface area contributed by atoms with Crippen LogP contribution in [0.15, 0.2) is 0 Å². The second-order valence-electron chi connectivity index (χ2n) is 5.96. The summed E-state index contributed by atoms with van der Waals surface area (Å²) >= 11 is 0. The van der Waals surface area contributed by atoms with Crippen LogP contribution >= 0.6 is 0 Å². The van der Waals surface area contributed by atoms with Crippen molar-refractivity contribution in [3.8, 4) is 0 Å². The number of carboxylic acids is 1. The number of carbonyl (C=O) groups excluding carboxylic acids is 1. The number of likely N-dealkylation sites (tertiary alicyclic amines) is 1. The first kappa shape index (κ1) is 16.0. The van der Waals surface area contributed by atoms with E-state index < -0.39 is 5.97 Å². The highest BCUT2D eigenvalue weighted by Crippen LogP contribution is 2.18. The molecule has 7 heteroatoms. The molecular weight excluding hydrogens is 274 g/mol. The van der Waals surface area contributed by atoms with Crippen molar-refractivity contribution in [2.45, 2.75) is 31.3 Å². The molecule has 2 saturated heterocycles. The summed E-state index contributed by atoms with van der Waals surface area (Å²) in [5.41, 5.74) is 0. The predicted octanol–water partition coefficient (Wildman–Crippen LogP) is 0.308. The summed E-state index contributed by atoms with van der Waals surface area (Å²) in [6.45, 7) is 2.99. The molecule has 2 aliphatic heterocycles. The van der Waals surface area contributed by atoms with Gasteiger partial charge in [0, 0.05) is 26.2 Å².